The van der Waals surface area contributed by atoms with Crippen LogP contribution in [0.1, 0.15) is 184 Å². The topological polar surface area (TPSA) is 200 Å². The minimum Gasteiger partial charge on any atom is -0.369 e. The van der Waals surface area contributed by atoms with Crippen LogP contribution in [0.15, 0.2) is 121 Å². The summed E-state index contributed by atoms with van der Waals surface area (Å²) < 4.78 is 62.2. The summed E-state index contributed by atoms with van der Waals surface area (Å²) in [4.78, 5) is 83.8. The van der Waals surface area contributed by atoms with Gasteiger partial charge < -0.3 is 31.7 Å². The monoisotopic (exact) mass is 1210 g/mol. The molecule has 450 valence electrons. The zero-order valence-electron chi connectivity index (χ0n) is 49.2. The van der Waals surface area contributed by atoms with E-state index < -0.39 is 52.8 Å². The number of carbonyl (C=O) groups excluding carboxylic acids is 5. The third-order valence-electron chi connectivity index (χ3n) is 17.8. The Morgan fingerprint density at radius 3 is 2.11 bits per heavy atom. The quantitative estimate of drug-likeness (QED) is 0.0573. The standard InChI is InChI=1S/C70H65F4N7O6S/c1-35(2)26-51-59(66(76)83)60(61-63(77-51)53(81(5)69(61)86)30-37-10-17-43(71)18-11-37)55-24-25-56(88-55)67(84)79-50-32-42(45-8-6-7-9-47(45)50)27-36(3)28-52-58(65(75)82)57(62-64(78-52)70(4,80-68(62)85)33-38-12-19-44(72)20-13-38)41-15-21-46-40(31-41)16-23-54(46)87-34-39-14-22-48(73)49(74)29-39/h6-15,17-22,24-25,29,31,35-36,42,50,53-54H,16,23,26-28,30,32-34H2,1-5H3,(H2,75,82)(H2,76,83)(H,79,84)(H,80,85)/t36?,42?,50?,53?,54-,70-/m0/s1. The van der Waals surface area contributed by atoms with Gasteiger partial charge in [0.25, 0.3) is 29.5 Å². The number of primary amides is 2. The van der Waals surface area contributed by atoms with Crippen LogP contribution in [-0.2, 0) is 49.0 Å². The van der Waals surface area contributed by atoms with Gasteiger partial charge >= 0.3 is 0 Å². The fourth-order valence-electron chi connectivity index (χ4n) is 13.8. The molecule has 0 radical (unpaired) electrons. The lowest BCUT2D eigenvalue weighted by Crippen LogP contribution is -2.39. The van der Waals surface area contributed by atoms with Crippen LogP contribution in [0.3, 0.4) is 0 Å². The second kappa shape index (κ2) is 23.7. The van der Waals surface area contributed by atoms with Crippen molar-refractivity contribution >= 4 is 40.9 Å². The molecule has 5 amide bonds. The molecular formula is C70H65F4N7O6S. The SMILES string of the molecule is CC(C)Cc1nc2c(c(-c3ccc(C(=O)NC4CC(CC(C)Cc5nc6c(c(-c7ccc8c(c7)CC[C@@H]8OCc7ccc(F)c(F)c7)c5C(N)=O)C(=O)N[C@@]6(C)Cc5ccc(F)cc5)c5ccccc54)s3)c1C(N)=O)C(=O)N(C)C2Cc1ccc(F)cc1. The van der Waals surface area contributed by atoms with Gasteiger partial charge in [0.1, 0.15) is 11.6 Å². The number of fused-ring (bicyclic) bond motifs is 4. The van der Waals surface area contributed by atoms with E-state index in [-0.39, 0.29) is 83.2 Å². The second-order valence-electron chi connectivity index (χ2n) is 24.6. The molecule has 5 heterocycles. The first kappa shape index (κ1) is 59.5. The van der Waals surface area contributed by atoms with E-state index in [9.17, 15) is 41.5 Å². The molecule has 3 aromatic heterocycles. The number of nitrogens with two attached hydrogens (primary N) is 2. The number of benzene rings is 5. The van der Waals surface area contributed by atoms with Crippen molar-refractivity contribution < 1.29 is 46.3 Å². The summed E-state index contributed by atoms with van der Waals surface area (Å²) in [6.45, 7) is 8.01. The first-order valence-corrected chi connectivity index (χ1v) is 30.4. The highest BCUT2D eigenvalue weighted by atomic mass is 32.1. The predicted molar refractivity (Wildman–Crippen MR) is 326 cm³/mol. The van der Waals surface area contributed by atoms with E-state index in [1.54, 1.807) is 48.3 Å². The smallest absolute Gasteiger partial charge is 0.261 e. The maximum atomic E-state index is 14.6. The van der Waals surface area contributed by atoms with Crippen LogP contribution in [0.5, 0.6) is 0 Å². The molecule has 0 saturated heterocycles. The normalized spacial score (nSPS) is 19.4. The first-order chi connectivity index (χ1) is 42.1. The number of aromatic nitrogens is 2. The van der Waals surface area contributed by atoms with Gasteiger partial charge in [0.05, 0.1) is 80.2 Å². The van der Waals surface area contributed by atoms with Gasteiger partial charge in [0.2, 0.25) is 0 Å². The number of pyridine rings is 2. The van der Waals surface area contributed by atoms with Crippen molar-refractivity contribution in [3.8, 4) is 21.6 Å². The Morgan fingerprint density at radius 1 is 0.750 bits per heavy atom. The van der Waals surface area contributed by atoms with Crippen LogP contribution in [0, 0.1) is 35.1 Å². The van der Waals surface area contributed by atoms with Gasteiger partial charge in [-0.3, -0.25) is 33.9 Å². The predicted octanol–water partition coefficient (Wildman–Crippen LogP) is 12.8. The van der Waals surface area contributed by atoms with E-state index in [1.807, 2.05) is 57.2 Å². The van der Waals surface area contributed by atoms with Gasteiger partial charge in [-0.2, -0.15) is 0 Å². The number of nitrogens with zero attached hydrogens (tertiary/aromatic N) is 3. The van der Waals surface area contributed by atoms with Crippen LogP contribution in [0.25, 0.3) is 21.6 Å². The lowest BCUT2D eigenvalue weighted by Gasteiger charge is -2.27. The molecule has 0 bridgehead atoms. The van der Waals surface area contributed by atoms with Gasteiger partial charge in [-0.25, -0.2) is 17.6 Å². The number of hydrogen-bond acceptors (Lipinski definition) is 9. The zero-order valence-corrected chi connectivity index (χ0v) is 50.1. The molecule has 4 unspecified atom stereocenters. The first-order valence-electron chi connectivity index (χ1n) is 29.6. The number of amides is 5. The number of likely N-dealkylation sites (N-methyl/N-ethyl adjacent to an activating group) is 1. The molecule has 18 heteroatoms. The summed E-state index contributed by atoms with van der Waals surface area (Å²) in [6.07, 6.45) is 3.33. The molecule has 5 aromatic carbocycles. The van der Waals surface area contributed by atoms with Gasteiger partial charge in [-0.1, -0.05) is 93.6 Å². The summed E-state index contributed by atoms with van der Waals surface area (Å²) >= 11 is 1.16. The molecular weight excluding hydrogens is 1140 g/mol. The lowest BCUT2D eigenvalue weighted by atomic mass is 9.83. The Balaban J connectivity index is 0.829. The molecule has 12 rings (SSSR count). The Morgan fingerprint density at radius 2 is 1.42 bits per heavy atom. The van der Waals surface area contributed by atoms with Crippen molar-refractivity contribution in [2.45, 2.75) is 115 Å². The average Bonchev–Trinajstić information content (AvgIpc) is 1.92. The largest absolute Gasteiger partial charge is 0.369 e. The van der Waals surface area contributed by atoms with Gasteiger partial charge in [0, 0.05) is 29.5 Å². The molecule has 6 N–H and O–H groups in total. The van der Waals surface area contributed by atoms with Crippen LogP contribution in [0.4, 0.5) is 17.6 Å². The van der Waals surface area contributed by atoms with Crippen molar-refractivity contribution in [2.24, 2.45) is 23.3 Å². The lowest BCUT2D eigenvalue weighted by molar-refractivity contribution is 0.0409. The summed E-state index contributed by atoms with van der Waals surface area (Å²) in [5.41, 5.74) is 21.2. The molecule has 4 aliphatic rings. The van der Waals surface area contributed by atoms with Crippen molar-refractivity contribution in [1.82, 2.24) is 25.5 Å². The van der Waals surface area contributed by atoms with Crippen LogP contribution < -0.4 is 22.1 Å². The van der Waals surface area contributed by atoms with Crippen LogP contribution >= 0.6 is 11.3 Å². The van der Waals surface area contributed by atoms with Gasteiger partial charge in [-0.05, 0) is 163 Å². The number of carbonyl (C=O) groups is 5. The molecule has 8 aromatic rings. The third-order valence-corrected chi connectivity index (χ3v) is 18.9. The summed E-state index contributed by atoms with van der Waals surface area (Å²) in [6, 6.07) is 32.0. The highest BCUT2D eigenvalue weighted by Gasteiger charge is 2.46. The zero-order chi connectivity index (χ0) is 62.0. The molecule has 0 spiro atoms. The number of halogens is 4. The molecule has 6 atom stereocenters. The number of rotatable bonds is 19. The van der Waals surface area contributed by atoms with E-state index in [4.69, 9.17) is 26.2 Å². The number of hydrogen-bond donors (Lipinski definition) is 4. The van der Waals surface area contributed by atoms with Crippen molar-refractivity contribution in [2.75, 3.05) is 7.05 Å². The van der Waals surface area contributed by atoms with E-state index in [1.165, 1.54) is 30.3 Å². The summed E-state index contributed by atoms with van der Waals surface area (Å²) in [7, 11) is 1.68. The van der Waals surface area contributed by atoms with E-state index in [2.05, 4.69) is 23.6 Å². The third kappa shape index (κ3) is 11.3. The second-order valence-corrected chi connectivity index (χ2v) is 25.7. The Hall–Kier alpha value is -8.87. The Labute approximate surface area is 510 Å². The van der Waals surface area contributed by atoms with Crippen molar-refractivity contribution in [3.05, 3.63) is 233 Å². The molecule has 2 aliphatic carbocycles. The van der Waals surface area contributed by atoms with Crippen LogP contribution in [0.2, 0.25) is 0 Å². The Kier molecular flexibility index (Phi) is 16.0. The molecule has 13 nitrogen and oxygen atoms in total. The minimum atomic E-state index is -1.08. The molecule has 0 fully saturated rings. The maximum Gasteiger partial charge on any atom is 0.261 e. The highest BCUT2D eigenvalue weighted by Crippen LogP contribution is 2.48. The van der Waals surface area contributed by atoms with E-state index in [0.717, 1.165) is 56.9 Å². The molecule has 0 saturated carbocycles. The molecule has 2 aliphatic heterocycles. The van der Waals surface area contributed by atoms with Crippen LogP contribution in [-0.4, -0.2) is 51.5 Å². The molecule has 88 heavy (non-hydrogen) atoms. The fraction of sp³-hybridized carbons (Fsp3) is 0.300. The Bertz CT molecular complexity index is 4150. The number of thiophene rings is 1. The fourth-order valence-corrected chi connectivity index (χ4v) is 14.7. The minimum absolute atomic E-state index is 0.0509. The van der Waals surface area contributed by atoms with Gasteiger partial charge in [-0.15, -0.1) is 11.3 Å². The summed E-state index contributed by atoms with van der Waals surface area (Å²) in [5.74, 6) is -5.43. The van der Waals surface area contributed by atoms with Gasteiger partial charge in [0.15, 0.2) is 11.6 Å². The number of ether oxygens (including phenoxy) is 1. The number of nitrogens with one attached hydrogen (secondary N) is 2. The van der Waals surface area contributed by atoms with Crippen molar-refractivity contribution in [3.63, 3.8) is 0 Å². The van der Waals surface area contributed by atoms with E-state index in [0.29, 0.717) is 93.3 Å². The average molecular weight is 1210 g/mol. The van der Waals surface area contributed by atoms with E-state index >= 15 is 0 Å². The van der Waals surface area contributed by atoms with Crippen molar-refractivity contribution in [1.29, 1.82) is 0 Å². The summed E-state index contributed by atoms with van der Waals surface area (Å²) in [5, 5.41) is 6.47. The maximum absolute atomic E-state index is 14.6. The number of aryl methyl sites for hydroxylation is 1. The highest BCUT2D eigenvalue weighted by molar-refractivity contribution is 7.17.